The number of nitrogens with one attached hydrogen (secondary N) is 2. The van der Waals surface area contributed by atoms with Crippen molar-refractivity contribution < 1.29 is 22.8 Å². The second-order valence-corrected chi connectivity index (χ2v) is 6.23. The summed E-state index contributed by atoms with van der Waals surface area (Å²) in [7, 11) is 0. The SMILES string of the molecule is NC(=O)NC(CC(=O)NCc1cccc(C(F)(F)F)c1)c1cccs1. The molecule has 0 fully saturated rings. The molecule has 1 unspecified atom stereocenters. The highest BCUT2D eigenvalue weighted by Crippen LogP contribution is 2.29. The van der Waals surface area contributed by atoms with Gasteiger partial charge in [-0.1, -0.05) is 18.2 Å². The molecular weight excluding hydrogens is 355 g/mol. The minimum atomic E-state index is -4.43. The van der Waals surface area contributed by atoms with E-state index in [9.17, 15) is 22.8 Å². The number of urea groups is 1. The molecule has 2 rings (SSSR count). The Balaban J connectivity index is 1.96. The lowest BCUT2D eigenvalue weighted by Gasteiger charge is -2.16. The van der Waals surface area contributed by atoms with Crippen LogP contribution in [0, 0.1) is 0 Å². The molecule has 0 radical (unpaired) electrons. The third kappa shape index (κ3) is 5.79. The number of thiophene rings is 1. The van der Waals surface area contributed by atoms with Crippen molar-refractivity contribution in [2.45, 2.75) is 25.2 Å². The van der Waals surface area contributed by atoms with Crippen LogP contribution in [0.3, 0.4) is 0 Å². The Hall–Kier alpha value is -2.55. The zero-order valence-electron chi connectivity index (χ0n) is 13.0. The quantitative estimate of drug-likeness (QED) is 0.729. The van der Waals surface area contributed by atoms with Crippen LogP contribution in [-0.2, 0) is 17.5 Å². The van der Waals surface area contributed by atoms with Crippen molar-refractivity contribution in [2.24, 2.45) is 5.73 Å². The normalized spacial score (nSPS) is 12.4. The van der Waals surface area contributed by atoms with Crippen molar-refractivity contribution in [3.63, 3.8) is 0 Å². The summed E-state index contributed by atoms with van der Waals surface area (Å²) in [5, 5.41) is 6.83. The predicted molar refractivity (Wildman–Crippen MR) is 87.7 cm³/mol. The molecule has 1 aromatic carbocycles. The molecule has 0 bridgehead atoms. The van der Waals surface area contributed by atoms with Gasteiger partial charge < -0.3 is 16.4 Å². The molecule has 0 saturated heterocycles. The van der Waals surface area contributed by atoms with E-state index >= 15 is 0 Å². The number of alkyl halides is 3. The summed E-state index contributed by atoms with van der Waals surface area (Å²) in [6, 6.07) is 6.92. The zero-order chi connectivity index (χ0) is 18.4. The number of benzene rings is 1. The fraction of sp³-hybridized carbons (Fsp3) is 0.250. The molecule has 5 nitrogen and oxygen atoms in total. The molecule has 9 heteroatoms. The molecule has 134 valence electrons. The number of amides is 3. The molecule has 1 atom stereocenters. The first kappa shape index (κ1) is 18.8. The fourth-order valence-corrected chi connectivity index (χ4v) is 2.98. The topological polar surface area (TPSA) is 84.2 Å². The average molecular weight is 371 g/mol. The lowest BCUT2D eigenvalue weighted by atomic mass is 10.1. The molecular formula is C16H16F3N3O2S. The first-order valence-electron chi connectivity index (χ1n) is 7.28. The highest BCUT2D eigenvalue weighted by molar-refractivity contribution is 7.10. The second-order valence-electron chi connectivity index (χ2n) is 5.26. The van der Waals surface area contributed by atoms with Gasteiger partial charge in [0, 0.05) is 11.4 Å². The number of primary amides is 1. The van der Waals surface area contributed by atoms with Gasteiger partial charge in [-0.2, -0.15) is 13.2 Å². The van der Waals surface area contributed by atoms with Crippen molar-refractivity contribution in [1.29, 1.82) is 0 Å². The van der Waals surface area contributed by atoms with Crippen LogP contribution in [0.5, 0.6) is 0 Å². The summed E-state index contributed by atoms with van der Waals surface area (Å²) in [4.78, 5) is 23.9. The summed E-state index contributed by atoms with van der Waals surface area (Å²) in [6.45, 7) is -0.0452. The number of halogens is 3. The number of carbonyl (C=O) groups is 2. The van der Waals surface area contributed by atoms with E-state index in [1.165, 1.54) is 23.5 Å². The minimum Gasteiger partial charge on any atom is -0.352 e. The maximum Gasteiger partial charge on any atom is 0.416 e. The van der Waals surface area contributed by atoms with Crippen LogP contribution >= 0.6 is 11.3 Å². The van der Waals surface area contributed by atoms with Gasteiger partial charge in [0.25, 0.3) is 0 Å². The Morgan fingerprint density at radius 1 is 1.20 bits per heavy atom. The van der Waals surface area contributed by atoms with Crippen LogP contribution in [0.25, 0.3) is 0 Å². The minimum absolute atomic E-state index is 0.0452. The fourth-order valence-electron chi connectivity index (χ4n) is 2.20. The van der Waals surface area contributed by atoms with E-state index in [1.807, 2.05) is 0 Å². The van der Waals surface area contributed by atoms with Gasteiger partial charge in [-0.05, 0) is 29.1 Å². The largest absolute Gasteiger partial charge is 0.416 e. The molecule has 0 aliphatic rings. The third-order valence-electron chi connectivity index (χ3n) is 3.34. The molecule has 2 aromatic rings. The number of rotatable bonds is 6. The van der Waals surface area contributed by atoms with Gasteiger partial charge in [-0.3, -0.25) is 4.79 Å². The maximum atomic E-state index is 12.7. The zero-order valence-corrected chi connectivity index (χ0v) is 13.8. The van der Waals surface area contributed by atoms with Crippen molar-refractivity contribution >= 4 is 23.3 Å². The molecule has 4 N–H and O–H groups in total. The molecule has 25 heavy (non-hydrogen) atoms. The lowest BCUT2D eigenvalue weighted by Crippen LogP contribution is -2.36. The van der Waals surface area contributed by atoms with Gasteiger partial charge in [-0.15, -0.1) is 11.3 Å². The molecule has 1 heterocycles. The number of nitrogens with two attached hydrogens (primary N) is 1. The number of hydrogen-bond acceptors (Lipinski definition) is 3. The molecule has 0 saturated carbocycles. The van der Waals surface area contributed by atoms with E-state index in [2.05, 4.69) is 10.6 Å². The predicted octanol–water partition coefficient (Wildman–Crippen LogP) is 3.18. The molecule has 0 aliphatic heterocycles. The smallest absolute Gasteiger partial charge is 0.352 e. The van der Waals surface area contributed by atoms with E-state index in [0.29, 0.717) is 5.56 Å². The third-order valence-corrected chi connectivity index (χ3v) is 4.32. The molecule has 1 aromatic heterocycles. The number of hydrogen-bond donors (Lipinski definition) is 3. The van der Waals surface area contributed by atoms with Crippen LogP contribution < -0.4 is 16.4 Å². The molecule has 0 spiro atoms. The maximum absolute atomic E-state index is 12.7. The van der Waals surface area contributed by atoms with Crippen LogP contribution in [-0.4, -0.2) is 11.9 Å². The van der Waals surface area contributed by atoms with Crippen LogP contribution in [0.15, 0.2) is 41.8 Å². The van der Waals surface area contributed by atoms with Crippen molar-refractivity contribution in [3.8, 4) is 0 Å². The highest BCUT2D eigenvalue weighted by Gasteiger charge is 2.30. The Bertz CT molecular complexity index is 732. The lowest BCUT2D eigenvalue weighted by molar-refractivity contribution is -0.137. The van der Waals surface area contributed by atoms with Crippen molar-refractivity contribution in [3.05, 3.63) is 57.8 Å². The van der Waals surface area contributed by atoms with Gasteiger partial charge in [0.2, 0.25) is 5.91 Å². The first-order valence-corrected chi connectivity index (χ1v) is 8.16. The van der Waals surface area contributed by atoms with E-state index in [4.69, 9.17) is 5.73 Å². The second kappa shape index (κ2) is 8.02. The van der Waals surface area contributed by atoms with E-state index < -0.39 is 29.7 Å². The van der Waals surface area contributed by atoms with Crippen LogP contribution in [0.1, 0.15) is 28.5 Å². The summed E-state index contributed by atoms with van der Waals surface area (Å²) >= 11 is 1.36. The monoisotopic (exact) mass is 371 g/mol. The summed E-state index contributed by atoms with van der Waals surface area (Å²) < 4.78 is 38.0. The van der Waals surface area contributed by atoms with Crippen molar-refractivity contribution in [1.82, 2.24) is 10.6 Å². The summed E-state index contributed by atoms with van der Waals surface area (Å²) in [5.74, 6) is -0.412. The van der Waals surface area contributed by atoms with Gasteiger partial charge >= 0.3 is 12.2 Å². The standard InChI is InChI=1S/C16H16F3N3O2S/c17-16(18,19)11-4-1-3-10(7-11)9-21-14(23)8-12(22-15(20)24)13-5-2-6-25-13/h1-7,12H,8-9H2,(H,21,23)(H3,20,22,24). The Morgan fingerprint density at radius 2 is 1.96 bits per heavy atom. The van der Waals surface area contributed by atoms with Gasteiger partial charge in [0.15, 0.2) is 0 Å². The Morgan fingerprint density at radius 3 is 2.56 bits per heavy atom. The van der Waals surface area contributed by atoms with E-state index in [1.54, 1.807) is 17.5 Å². The summed E-state index contributed by atoms with van der Waals surface area (Å²) in [6.07, 6.45) is -4.50. The molecule has 0 aliphatic carbocycles. The highest BCUT2D eigenvalue weighted by atomic mass is 32.1. The Kier molecular flexibility index (Phi) is 6.02. The van der Waals surface area contributed by atoms with Crippen molar-refractivity contribution in [2.75, 3.05) is 0 Å². The number of carbonyl (C=O) groups excluding carboxylic acids is 2. The molecule has 3 amide bonds. The van der Waals surface area contributed by atoms with E-state index in [-0.39, 0.29) is 13.0 Å². The van der Waals surface area contributed by atoms with Gasteiger partial charge in [0.05, 0.1) is 18.0 Å². The first-order chi connectivity index (χ1) is 11.8. The van der Waals surface area contributed by atoms with Gasteiger partial charge in [-0.25, -0.2) is 4.79 Å². The average Bonchev–Trinajstić information content (AvgIpc) is 3.06. The van der Waals surface area contributed by atoms with Crippen LogP contribution in [0.4, 0.5) is 18.0 Å². The van der Waals surface area contributed by atoms with Crippen LogP contribution in [0.2, 0.25) is 0 Å². The van der Waals surface area contributed by atoms with E-state index in [0.717, 1.165) is 17.0 Å². The summed E-state index contributed by atoms with van der Waals surface area (Å²) in [5.41, 5.74) is 4.67. The van der Waals surface area contributed by atoms with Gasteiger partial charge in [0.1, 0.15) is 0 Å². The Labute approximate surface area is 146 Å².